The molecule has 0 aromatic heterocycles. The van der Waals surface area contributed by atoms with E-state index in [2.05, 4.69) is 0 Å². The number of Topliss-reactive ketones (excluding diaryl/α,β-unsaturated/α-hetero) is 1. The molecule has 7 heteroatoms. The van der Waals surface area contributed by atoms with Gasteiger partial charge in [-0.1, -0.05) is 0 Å². The minimum Gasteiger partial charge on any atom is -0.497 e. The van der Waals surface area contributed by atoms with E-state index in [0.29, 0.717) is 46.4 Å². The Kier molecular flexibility index (Phi) is 6.21. The average molecular weight is 403 g/mol. The van der Waals surface area contributed by atoms with Crippen molar-refractivity contribution in [2.24, 2.45) is 0 Å². The number of carbonyl (C=O) groups is 2. The molecule has 0 amide bonds. The molecule has 1 heterocycles. The molecule has 1 aliphatic rings. The first-order chi connectivity index (χ1) is 13.5. The summed E-state index contributed by atoms with van der Waals surface area (Å²) in [4.78, 5) is 24.4. The van der Waals surface area contributed by atoms with Gasteiger partial charge in [0.05, 0.1) is 19.8 Å². The average Bonchev–Trinajstić information content (AvgIpc) is 3.01. The second-order valence-electron chi connectivity index (χ2n) is 5.97. The van der Waals surface area contributed by atoms with E-state index in [9.17, 15) is 9.59 Å². The maximum Gasteiger partial charge on any atom is 0.311 e. The molecule has 0 aliphatic carbocycles. The Morgan fingerprint density at radius 1 is 1.11 bits per heavy atom. The van der Waals surface area contributed by atoms with Crippen LogP contribution < -0.4 is 18.9 Å². The number of ether oxygens (including phenoxy) is 4. The van der Waals surface area contributed by atoms with Crippen molar-refractivity contribution >= 4 is 29.4 Å². The zero-order chi connectivity index (χ0) is 20.1. The second kappa shape index (κ2) is 8.80. The van der Waals surface area contributed by atoms with Gasteiger partial charge in [0.15, 0.2) is 5.76 Å². The molecule has 1 aliphatic heterocycles. The van der Waals surface area contributed by atoms with Crippen molar-refractivity contribution in [2.75, 3.05) is 20.1 Å². The normalized spacial score (nSPS) is 13.8. The number of allylic oxidation sites excluding steroid dienone is 1. The highest BCUT2D eigenvalue weighted by molar-refractivity contribution is 6.18. The number of esters is 1. The van der Waals surface area contributed by atoms with Gasteiger partial charge in [0.1, 0.15) is 23.0 Å². The number of hydrogen-bond acceptors (Lipinski definition) is 6. The summed E-state index contributed by atoms with van der Waals surface area (Å²) in [5, 5.41) is 0. The SMILES string of the molecule is COc1ccc(/C=C2\Oc3cc(OC(=O)CCCCl)ccc3C2=O)c(OC)c1. The summed E-state index contributed by atoms with van der Waals surface area (Å²) in [5.74, 6) is 1.75. The second-order valence-corrected chi connectivity index (χ2v) is 6.35. The first kappa shape index (κ1) is 19.8. The predicted octanol–water partition coefficient (Wildman–Crippen LogP) is 4.24. The highest BCUT2D eigenvalue weighted by Gasteiger charge is 2.28. The fourth-order valence-corrected chi connectivity index (χ4v) is 2.84. The smallest absolute Gasteiger partial charge is 0.311 e. The van der Waals surface area contributed by atoms with Gasteiger partial charge in [0.2, 0.25) is 5.78 Å². The molecule has 0 saturated carbocycles. The minimum atomic E-state index is -0.386. The lowest BCUT2D eigenvalue weighted by atomic mass is 10.1. The third-order valence-electron chi connectivity index (χ3n) is 4.11. The molecule has 0 unspecified atom stereocenters. The summed E-state index contributed by atoms with van der Waals surface area (Å²) in [7, 11) is 3.10. The van der Waals surface area contributed by atoms with Crippen molar-refractivity contribution < 1.29 is 28.5 Å². The molecule has 6 nitrogen and oxygen atoms in total. The van der Waals surface area contributed by atoms with Gasteiger partial charge < -0.3 is 18.9 Å². The van der Waals surface area contributed by atoms with E-state index in [1.54, 1.807) is 43.5 Å². The van der Waals surface area contributed by atoms with E-state index in [1.807, 2.05) is 0 Å². The molecule has 28 heavy (non-hydrogen) atoms. The number of benzene rings is 2. The van der Waals surface area contributed by atoms with Crippen LogP contribution in [0.1, 0.15) is 28.8 Å². The van der Waals surface area contributed by atoms with Gasteiger partial charge >= 0.3 is 5.97 Å². The molecule has 3 rings (SSSR count). The van der Waals surface area contributed by atoms with Crippen LogP contribution in [0.2, 0.25) is 0 Å². The fraction of sp³-hybridized carbons (Fsp3) is 0.238. The maximum atomic E-state index is 12.6. The lowest BCUT2D eigenvalue weighted by Gasteiger charge is -2.08. The van der Waals surface area contributed by atoms with Crippen LogP contribution in [-0.4, -0.2) is 31.9 Å². The zero-order valence-electron chi connectivity index (χ0n) is 15.5. The van der Waals surface area contributed by atoms with Gasteiger partial charge in [0.25, 0.3) is 0 Å². The van der Waals surface area contributed by atoms with Crippen LogP contribution in [0.25, 0.3) is 6.08 Å². The highest BCUT2D eigenvalue weighted by atomic mass is 35.5. The van der Waals surface area contributed by atoms with Crippen molar-refractivity contribution in [1.29, 1.82) is 0 Å². The number of hydrogen-bond donors (Lipinski definition) is 0. The zero-order valence-corrected chi connectivity index (χ0v) is 16.2. The number of alkyl halides is 1. The van der Waals surface area contributed by atoms with E-state index in [4.69, 9.17) is 30.5 Å². The van der Waals surface area contributed by atoms with Gasteiger partial charge in [-0.25, -0.2) is 0 Å². The maximum absolute atomic E-state index is 12.6. The van der Waals surface area contributed by atoms with Crippen LogP contribution >= 0.6 is 11.6 Å². The lowest BCUT2D eigenvalue weighted by Crippen LogP contribution is -2.07. The van der Waals surface area contributed by atoms with Gasteiger partial charge in [-0.3, -0.25) is 9.59 Å². The molecule has 0 fully saturated rings. The van der Waals surface area contributed by atoms with E-state index < -0.39 is 0 Å². The Labute approximate surface area is 167 Å². The fourth-order valence-electron chi connectivity index (χ4n) is 2.70. The number of halogens is 1. The van der Waals surface area contributed by atoms with Crippen LogP contribution in [0.15, 0.2) is 42.2 Å². The van der Waals surface area contributed by atoms with Crippen molar-refractivity contribution in [1.82, 2.24) is 0 Å². The quantitative estimate of drug-likeness (QED) is 0.298. The molecule has 0 radical (unpaired) electrons. The summed E-state index contributed by atoms with van der Waals surface area (Å²) in [6.45, 7) is 0. The van der Waals surface area contributed by atoms with Crippen molar-refractivity contribution in [3.05, 3.63) is 53.3 Å². The largest absolute Gasteiger partial charge is 0.497 e. The molecule has 0 spiro atoms. The van der Waals surface area contributed by atoms with Gasteiger partial charge in [-0.2, -0.15) is 0 Å². The van der Waals surface area contributed by atoms with Gasteiger partial charge in [0, 0.05) is 30.0 Å². The van der Waals surface area contributed by atoms with Crippen molar-refractivity contribution in [2.45, 2.75) is 12.8 Å². The Bertz CT molecular complexity index is 934. The van der Waals surface area contributed by atoms with Crippen molar-refractivity contribution in [3.8, 4) is 23.0 Å². The Morgan fingerprint density at radius 2 is 1.89 bits per heavy atom. The third-order valence-corrected chi connectivity index (χ3v) is 4.38. The van der Waals surface area contributed by atoms with Crippen LogP contribution in [0.4, 0.5) is 0 Å². The van der Waals surface area contributed by atoms with Crippen LogP contribution in [0, 0.1) is 0 Å². The van der Waals surface area contributed by atoms with Gasteiger partial charge in [-0.05, 0) is 36.8 Å². The van der Waals surface area contributed by atoms with Crippen LogP contribution in [0.5, 0.6) is 23.0 Å². The first-order valence-corrected chi connectivity index (χ1v) is 9.16. The summed E-state index contributed by atoms with van der Waals surface area (Å²) in [6.07, 6.45) is 2.37. The lowest BCUT2D eigenvalue weighted by molar-refractivity contribution is -0.134. The summed E-state index contributed by atoms with van der Waals surface area (Å²) in [5.41, 5.74) is 1.08. The third kappa shape index (κ3) is 4.28. The van der Waals surface area contributed by atoms with E-state index in [0.717, 1.165) is 0 Å². The number of methoxy groups -OCH3 is 2. The summed E-state index contributed by atoms with van der Waals surface area (Å²) >= 11 is 5.57. The first-order valence-electron chi connectivity index (χ1n) is 8.62. The van der Waals surface area contributed by atoms with E-state index in [1.165, 1.54) is 13.2 Å². The highest BCUT2D eigenvalue weighted by Crippen LogP contribution is 2.36. The summed E-state index contributed by atoms with van der Waals surface area (Å²) in [6, 6.07) is 9.92. The van der Waals surface area contributed by atoms with E-state index in [-0.39, 0.29) is 23.9 Å². The molecule has 0 N–H and O–H groups in total. The Morgan fingerprint density at radius 3 is 2.61 bits per heavy atom. The Hall–Kier alpha value is -2.99. The van der Waals surface area contributed by atoms with Gasteiger partial charge in [-0.15, -0.1) is 11.6 Å². The molecular formula is C21H19ClO6. The number of ketones is 1. The monoisotopic (exact) mass is 402 g/mol. The molecular weight excluding hydrogens is 384 g/mol. The number of rotatable bonds is 7. The van der Waals surface area contributed by atoms with E-state index >= 15 is 0 Å². The summed E-state index contributed by atoms with van der Waals surface area (Å²) < 4.78 is 21.5. The number of fused-ring (bicyclic) bond motifs is 1. The Balaban J connectivity index is 1.82. The molecule has 0 bridgehead atoms. The molecule has 2 aromatic rings. The van der Waals surface area contributed by atoms with Crippen LogP contribution in [-0.2, 0) is 4.79 Å². The molecule has 0 saturated heterocycles. The number of carbonyl (C=O) groups excluding carboxylic acids is 2. The van der Waals surface area contributed by atoms with Crippen LogP contribution in [0.3, 0.4) is 0 Å². The topological polar surface area (TPSA) is 71.1 Å². The molecule has 2 aromatic carbocycles. The molecule has 146 valence electrons. The minimum absolute atomic E-state index is 0.157. The standard InChI is InChI=1S/C21H19ClO6/c1-25-14-6-5-13(17(11-14)26-2)10-19-21(24)16-8-7-15(12-18(16)28-19)27-20(23)4-3-9-22/h5-8,10-12H,3-4,9H2,1-2H3/b19-10-. The van der Waals surface area contributed by atoms with Crippen molar-refractivity contribution in [3.63, 3.8) is 0 Å². The predicted molar refractivity (Wildman–Crippen MR) is 105 cm³/mol. The molecule has 0 atom stereocenters.